The lowest BCUT2D eigenvalue weighted by atomic mass is 10.5. The zero-order valence-electron chi connectivity index (χ0n) is 4.98. The van der Waals surface area contributed by atoms with Crippen LogP contribution in [0.5, 0.6) is 0 Å². The summed E-state index contributed by atoms with van der Waals surface area (Å²) in [6, 6.07) is 1.84. The van der Waals surface area contributed by atoms with Gasteiger partial charge in [-0.05, 0) is 6.07 Å². The van der Waals surface area contributed by atoms with Gasteiger partial charge in [-0.1, -0.05) is 11.8 Å². The molecular formula is C5H4N4S. The number of hydrogen-bond acceptors (Lipinski definition) is 5. The predicted octanol–water partition coefficient (Wildman–Crippen LogP) is 0.937. The summed E-state index contributed by atoms with van der Waals surface area (Å²) in [4.78, 5) is 0. The zero-order valence-corrected chi connectivity index (χ0v) is 5.80. The van der Waals surface area contributed by atoms with E-state index in [-0.39, 0.29) is 0 Å². The van der Waals surface area contributed by atoms with Gasteiger partial charge in [0, 0.05) is 0 Å². The molecule has 2 rings (SSSR count). The molecule has 0 radical (unpaired) electrons. The van der Waals surface area contributed by atoms with Gasteiger partial charge in [0.05, 0.1) is 17.4 Å². The SMILES string of the molecule is C1=NNc2ccnnc2S1. The number of nitrogens with zero attached hydrogens (tertiary/aromatic N) is 3. The molecule has 0 spiro atoms. The van der Waals surface area contributed by atoms with Crippen molar-refractivity contribution in [3.05, 3.63) is 12.3 Å². The Morgan fingerprint density at radius 2 is 2.50 bits per heavy atom. The highest BCUT2D eigenvalue weighted by molar-refractivity contribution is 8.12. The first-order valence-electron chi connectivity index (χ1n) is 2.73. The van der Waals surface area contributed by atoms with Crippen LogP contribution in [0.15, 0.2) is 22.4 Å². The Bertz CT molecular complexity index is 245. The molecule has 1 aromatic rings. The number of aromatic nitrogens is 2. The number of hydrogen-bond donors (Lipinski definition) is 1. The van der Waals surface area contributed by atoms with Gasteiger partial charge in [0.25, 0.3) is 0 Å². The van der Waals surface area contributed by atoms with E-state index in [0.717, 1.165) is 10.7 Å². The topological polar surface area (TPSA) is 50.2 Å². The monoisotopic (exact) mass is 152 g/mol. The van der Waals surface area contributed by atoms with Gasteiger partial charge in [0.1, 0.15) is 5.03 Å². The van der Waals surface area contributed by atoms with E-state index in [1.807, 2.05) is 6.07 Å². The number of rotatable bonds is 0. The van der Waals surface area contributed by atoms with Crippen LogP contribution in [-0.4, -0.2) is 15.7 Å². The minimum Gasteiger partial charge on any atom is -0.275 e. The second-order valence-electron chi connectivity index (χ2n) is 1.71. The van der Waals surface area contributed by atoms with Crippen LogP contribution in [0, 0.1) is 0 Å². The average Bonchev–Trinajstić information content (AvgIpc) is 2.05. The molecule has 1 N–H and O–H groups in total. The third-order valence-corrected chi connectivity index (χ3v) is 1.82. The zero-order chi connectivity index (χ0) is 6.81. The summed E-state index contributed by atoms with van der Waals surface area (Å²) in [5, 5.41) is 12.3. The summed E-state index contributed by atoms with van der Waals surface area (Å²) < 4.78 is 0. The van der Waals surface area contributed by atoms with E-state index in [1.54, 1.807) is 11.7 Å². The van der Waals surface area contributed by atoms with Gasteiger partial charge in [-0.2, -0.15) is 10.2 Å². The van der Waals surface area contributed by atoms with Crippen LogP contribution in [0.25, 0.3) is 0 Å². The average molecular weight is 152 g/mol. The Morgan fingerprint density at radius 3 is 3.40 bits per heavy atom. The van der Waals surface area contributed by atoms with E-state index < -0.39 is 0 Å². The molecule has 2 heterocycles. The largest absolute Gasteiger partial charge is 0.275 e. The van der Waals surface area contributed by atoms with Crippen molar-refractivity contribution in [1.82, 2.24) is 10.2 Å². The van der Waals surface area contributed by atoms with Gasteiger partial charge < -0.3 is 0 Å². The lowest BCUT2D eigenvalue weighted by Gasteiger charge is -2.06. The van der Waals surface area contributed by atoms with Gasteiger partial charge in [-0.3, -0.25) is 5.43 Å². The van der Waals surface area contributed by atoms with Crippen LogP contribution in [-0.2, 0) is 0 Å². The van der Waals surface area contributed by atoms with Crippen LogP contribution in [0.3, 0.4) is 0 Å². The first-order valence-corrected chi connectivity index (χ1v) is 3.61. The molecule has 1 aliphatic rings. The van der Waals surface area contributed by atoms with Crippen LogP contribution in [0.1, 0.15) is 0 Å². The van der Waals surface area contributed by atoms with Gasteiger partial charge in [-0.25, -0.2) is 0 Å². The fourth-order valence-electron chi connectivity index (χ4n) is 0.663. The molecule has 10 heavy (non-hydrogen) atoms. The Labute approximate surface area is 61.7 Å². The van der Waals surface area contributed by atoms with E-state index in [2.05, 4.69) is 20.7 Å². The maximum Gasteiger partial charge on any atom is 0.149 e. The maximum absolute atomic E-state index is 3.88. The van der Waals surface area contributed by atoms with Gasteiger partial charge >= 0.3 is 0 Å². The molecular weight excluding hydrogens is 148 g/mol. The van der Waals surface area contributed by atoms with Crippen molar-refractivity contribution in [2.75, 3.05) is 5.43 Å². The molecule has 0 fully saturated rings. The lowest BCUT2D eigenvalue weighted by Crippen LogP contribution is -1.98. The molecule has 0 aromatic carbocycles. The highest BCUT2D eigenvalue weighted by Gasteiger charge is 2.05. The first-order chi connectivity index (χ1) is 4.97. The predicted molar refractivity (Wildman–Crippen MR) is 40.0 cm³/mol. The quantitative estimate of drug-likeness (QED) is 0.601. The highest BCUT2D eigenvalue weighted by Crippen LogP contribution is 2.24. The third-order valence-electron chi connectivity index (χ3n) is 1.09. The summed E-state index contributed by atoms with van der Waals surface area (Å²) in [6.45, 7) is 0. The Balaban J connectivity index is 2.47. The summed E-state index contributed by atoms with van der Waals surface area (Å²) in [7, 11) is 0. The second-order valence-corrected chi connectivity index (χ2v) is 2.55. The van der Waals surface area contributed by atoms with E-state index >= 15 is 0 Å². The number of nitrogens with one attached hydrogen (secondary N) is 1. The van der Waals surface area contributed by atoms with E-state index in [4.69, 9.17) is 0 Å². The van der Waals surface area contributed by atoms with E-state index in [1.165, 1.54) is 11.8 Å². The van der Waals surface area contributed by atoms with Gasteiger partial charge in [0.15, 0.2) is 0 Å². The standard InChI is InChI=1S/C5H4N4S/c1-2-6-9-5-4(1)8-7-3-10-5/h1-3,8H. The third kappa shape index (κ3) is 0.841. The second kappa shape index (κ2) is 2.26. The van der Waals surface area contributed by atoms with Crippen molar-refractivity contribution in [2.24, 2.45) is 5.10 Å². The summed E-state index contributed by atoms with van der Waals surface area (Å²) >= 11 is 1.46. The molecule has 1 aromatic heterocycles. The normalized spacial score (nSPS) is 14.0. The first kappa shape index (κ1) is 5.67. The Hall–Kier alpha value is -1.10. The molecule has 0 saturated carbocycles. The fraction of sp³-hybridized carbons (Fsp3) is 0. The summed E-state index contributed by atoms with van der Waals surface area (Å²) in [6.07, 6.45) is 1.63. The van der Waals surface area contributed by atoms with Crippen LogP contribution >= 0.6 is 11.8 Å². The molecule has 0 atom stereocenters. The van der Waals surface area contributed by atoms with Gasteiger partial charge in [-0.15, -0.1) is 5.10 Å². The number of anilines is 1. The highest BCUT2D eigenvalue weighted by atomic mass is 32.2. The van der Waals surface area contributed by atoms with Crippen molar-refractivity contribution in [3.63, 3.8) is 0 Å². The molecule has 0 amide bonds. The van der Waals surface area contributed by atoms with Crippen LogP contribution in [0.4, 0.5) is 5.69 Å². The molecule has 50 valence electrons. The summed E-state index contributed by atoms with van der Waals surface area (Å²) in [5.41, 5.74) is 5.42. The molecule has 5 heteroatoms. The minimum absolute atomic E-state index is 0.873. The smallest absolute Gasteiger partial charge is 0.149 e. The fourth-order valence-corrected chi connectivity index (χ4v) is 1.20. The summed E-state index contributed by atoms with van der Waals surface area (Å²) in [5.74, 6) is 0. The van der Waals surface area contributed by atoms with Crippen molar-refractivity contribution in [2.45, 2.75) is 5.03 Å². The van der Waals surface area contributed by atoms with Crippen LogP contribution in [0.2, 0.25) is 0 Å². The number of thioether (sulfide) groups is 1. The molecule has 4 nitrogen and oxygen atoms in total. The van der Waals surface area contributed by atoms with Crippen molar-refractivity contribution < 1.29 is 0 Å². The molecule has 0 bridgehead atoms. The minimum atomic E-state index is 0.873. The van der Waals surface area contributed by atoms with Crippen molar-refractivity contribution in [1.29, 1.82) is 0 Å². The molecule has 0 aliphatic carbocycles. The van der Waals surface area contributed by atoms with Crippen molar-refractivity contribution >= 4 is 23.0 Å². The van der Waals surface area contributed by atoms with E-state index in [0.29, 0.717) is 0 Å². The van der Waals surface area contributed by atoms with E-state index in [9.17, 15) is 0 Å². The van der Waals surface area contributed by atoms with Crippen LogP contribution < -0.4 is 5.43 Å². The number of fused-ring (bicyclic) bond motifs is 1. The maximum atomic E-state index is 3.88. The molecule has 1 aliphatic heterocycles. The Kier molecular flexibility index (Phi) is 1.28. The van der Waals surface area contributed by atoms with Crippen molar-refractivity contribution in [3.8, 4) is 0 Å². The number of hydrazone groups is 1. The Morgan fingerprint density at radius 1 is 1.50 bits per heavy atom. The molecule has 0 saturated heterocycles. The van der Waals surface area contributed by atoms with Gasteiger partial charge in [0.2, 0.25) is 0 Å². The molecule has 0 unspecified atom stereocenters. The lowest BCUT2D eigenvalue weighted by molar-refractivity contribution is 0.929.